The van der Waals surface area contributed by atoms with Crippen LogP contribution in [-0.4, -0.2) is 43.8 Å². The lowest BCUT2D eigenvalue weighted by Crippen LogP contribution is -2.46. The highest BCUT2D eigenvalue weighted by Crippen LogP contribution is 2.39. The molecular formula is C20H26N2O6. The van der Waals surface area contributed by atoms with E-state index in [9.17, 15) is 14.4 Å². The molecule has 8 heteroatoms. The summed E-state index contributed by atoms with van der Waals surface area (Å²) >= 11 is 0. The summed E-state index contributed by atoms with van der Waals surface area (Å²) in [5, 5.41) is 4.97. The molecule has 0 saturated heterocycles. The van der Waals surface area contributed by atoms with Gasteiger partial charge in [-0.3, -0.25) is 10.1 Å². The Labute approximate surface area is 163 Å². The van der Waals surface area contributed by atoms with Gasteiger partial charge in [0.15, 0.2) is 18.1 Å². The Balaban J connectivity index is 1.50. The van der Waals surface area contributed by atoms with Crippen LogP contribution in [0.2, 0.25) is 0 Å². The molecule has 152 valence electrons. The molecule has 1 heterocycles. The topological polar surface area (TPSA) is 103 Å². The Morgan fingerprint density at radius 3 is 2.64 bits per heavy atom. The van der Waals surface area contributed by atoms with Crippen LogP contribution in [0.1, 0.15) is 54.9 Å². The van der Waals surface area contributed by atoms with Gasteiger partial charge < -0.3 is 19.5 Å². The third-order valence-electron chi connectivity index (χ3n) is 4.94. The van der Waals surface area contributed by atoms with Gasteiger partial charge in [-0.25, -0.2) is 9.59 Å². The number of hydrogen-bond donors (Lipinski definition) is 2. The van der Waals surface area contributed by atoms with E-state index in [0.29, 0.717) is 17.9 Å². The molecule has 8 nitrogen and oxygen atoms in total. The maximum atomic E-state index is 12.3. The minimum Gasteiger partial charge on any atom is -0.493 e. The number of esters is 1. The Kier molecular flexibility index (Phi) is 6.38. The first-order valence-electron chi connectivity index (χ1n) is 9.61. The average Bonchev–Trinajstić information content (AvgIpc) is 3.06. The van der Waals surface area contributed by atoms with Crippen molar-refractivity contribution in [1.82, 2.24) is 10.6 Å². The summed E-state index contributed by atoms with van der Waals surface area (Å²) in [5.41, 5.74) is 1.13. The molecule has 3 rings (SSSR count). The number of rotatable bonds is 5. The quantitative estimate of drug-likeness (QED) is 0.748. The molecule has 0 spiro atoms. The van der Waals surface area contributed by atoms with Gasteiger partial charge in [-0.05, 0) is 31.9 Å². The summed E-state index contributed by atoms with van der Waals surface area (Å²) in [4.78, 5) is 36.1. The van der Waals surface area contributed by atoms with Crippen LogP contribution in [0.15, 0.2) is 12.1 Å². The Morgan fingerprint density at radius 1 is 1.18 bits per heavy atom. The highest BCUT2D eigenvalue weighted by Gasteiger charge is 2.26. The molecule has 1 fully saturated rings. The number of hydrogen-bond acceptors (Lipinski definition) is 6. The van der Waals surface area contributed by atoms with E-state index in [2.05, 4.69) is 10.6 Å². The van der Waals surface area contributed by atoms with Crippen LogP contribution in [0.5, 0.6) is 11.5 Å². The fourth-order valence-corrected chi connectivity index (χ4v) is 3.61. The van der Waals surface area contributed by atoms with Crippen LogP contribution < -0.4 is 20.1 Å². The lowest BCUT2D eigenvalue weighted by atomic mass is 9.96. The number of carbonyl (C=O) groups is 3. The first kappa shape index (κ1) is 20.0. The molecule has 0 radical (unpaired) electrons. The molecule has 1 aliphatic carbocycles. The standard InChI is InChI=1S/C20H26N2O6/c1-12-8-13-9-14(10-16(26-2)18(13)28-12)19(24)27-11-17(23)22-20(25)21-15-6-4-3-5-7-15/h9-10,12,15H,3-8,11H2,1-2H3,(H2,21,22,23,25). The number of nitrogens with one attached hydrogen (secondary N) is 2. The van der Waals surface area contributed by atoms with E-state index in [4.69, 9.17) is 14.2 Å². The Morgan fingerprint density at radius 2 is 1.93 bits per heavy atom. The smallest absolute Gasteiger partial charge is 0.338 e. The number of imide groups is 1. The predicted octanol–water partition coefficient (Wildman–Crippen LogP) is 2.33. The van der Waals surface area contributed by atoms with E-state index < -0.39 is 24.5 Å². The summed E-state index contributed by atoms with van der Waals surface area (Å²) in [5.74, 6) is -0.260. The molecule has 28 heavy (non-hydrogen) atoms. The summed E-state index contributed by atoms with van der Waals surface area (Å²) in [6.45, 7) is 1.39. The molecule has 1 aromatic carbocycles. The third-order valence-corrected chi connectivity index (χ3v) is 4.94. The van der Waals surface area contributed by atoms with Crippen molar-refractivity contribution in [3.05, 3.63) is 23.3 Å². The van der Waals surface area contributed by atoms with Crippen molar-refractivity contribution in [1.29, 1.82) is 0 Å². The number of amides is 3. The maximum Gasteiger partial charge on any atom is 0.338 e. The summed E-state index contributed by atoms with van der Waals surface area (Å²) < 4.78 is 16.0. The molecule has 1 unspecified atom stereocenters. The third kappa shape index (κ3) is 4.94. The van der Waals surface area contributed by atoms with E-state index >= 15 is 0 Å². The van der Waals surface area contributed by atoms with Crippen molar-refractivity contribution in [3.63, 3.8) is 0 Å². The molecule has 2 aliphatic rings. The second kappa shape index (κ2) is 8.95. The van der Waals surface area contributed by atoms with E-state index in [-0.39, 0.29) is 17.7 Å². The molecule has 1 atom stereocenters. The zero-order chi connectivity index (χ0) is 20.1. The number of ether oxygens (including phenoxy) is 3. The highest BCUT2D eigenvalue weighted by molar-refractivity contribution is 5.97. The molecule has 2 N–H and O–H groups in total. The van der Waals surface area contributed by atoms with Gasteiger partial charge in [0.05, 0.1) is 12.7 Å². The summed E-state index contributed by atoms with van der Waals surface area (Å²) in [6, 6.07) is 2.73. The van der Waals surface area contributed by atoms with Gasteiger partial charge in [-0.1, -0.05) is 19.3 Å². The van der Waals surface area contributed by atoms with Crippen molar-refractivity contribution in [2.75, 3.05) is 13.7 Å². The predicted molar refractivity (Wildman–Crippen MR) is 101 cm³/mol. The van der Waals surface area contributed by atoms with E-state index in [1.54, 1.807) is 6.07 Å². The maximum absolute atomic E-state index is 12.3. The monoisotopic (exact) mass is 390 g/mol. The van der Waals surface area contributed by atoms with Crippen molar-refractivity contribution < 1.29 is 28.6 Å². The Bertz CT molecular complexity index is 757. The number of carbonyl (C=O) groups excluding carboxylic acids is 3. The van der Waals surface area contributed by atoms with Crippen molar-refractivity contribution in [2.45, 2.75) is 57.6 Å². The first-order chi connectivity index (χ1) is 13.5. The normalized spacial score (nSPS) is 18.6. The SMILES string of the molecule is COc1cc(C(=O)OCC(=O)NC(=O)NC2CCCCC2)cc2c1OC(C)C2. The molecule has 1 aromatic rings. The molecule has 0 aromatic heterocycles. The minimum absolute atomic E-state index is 0.00336. The average molecular weight is 390 g/mol. The van der Waals surface area contributed by atoms with Gasteiger partial charge in [0.2, 0.25) is 0 Å². The lowest BCUT2D eigenvalue weighted by Gasteiger charge is -2.22. The van der Waals surface area contributed by atoms with Crippen LogP contribution >= 0.6 is 0 Å². The van der Waals surface area contributed by atoms with Gasteiger partial charge in [0, 0.05) is 18.0 Å². The van der Waals surface area contributed by atoms with Crippen LogP contribution in [0.4, 0.5) is 4.79 Å². The van der Waals surface area contributed by atoms with E-state index in [1.807, 2.05) is 6.92 Å². The van der Waals surface area contributed by atoms with Gasteiger partial charge >= 0.3 is 12.0 Å². The van der Waals surface area contributed by atoms with Gasteiger partial charge in [-0.15, -0.1) is 0 Å². The number of methoxy groups -OCH3 is 1. The molecule has 3 amide bonds. The van der Waals surface area contributed by atoms with Crippen LogP contribution in [-0.2, 0) is 16.0 Å². The van der Waals surface area contributed by atoms with Crippen molar-refractivity contribution >= 4 is 17.9 Å². The molecule has 1 aliphatic heterocycles. The first-order valence-corrected chi connectivity index (χ1v) is 9.61. The zero-order valence-corrected chi connectivity index (χ0v) is 16.2. The molecule has 0 bridgehead atoms. The van der Waals surface area contributed by atoms with Crippen LogP contribution in [0, 0.1) is 0 Å². The van der Waals surface area contributed by atoms with Gasteiger partial charge in [0.25, 0.3) is 5.91 Å². The summed E-state index contributed by atoms with van der Waals surface area (Å²) in [7, 11) is 1.50. The highest BCUT2D eigenvalue weighted by atomic mass is 16.5. The lowest BCUT2D eigenvalue weighted by molar-refractivity contribution is -0.123. The minimum atomic E-state index is -0.674. The molecule has 1 saturated carbocycles. The van der Waals surface area contributed by atoms with Gasteiger partial charge in [-0.2, -0.15) is 0 Å². The van der Waals surface area contributed by atoms with Gasteiger partial charge in [0.1, 0.15) is 6.10 Å². The Hall–Kier alpha value is -2.77. The largest absolute Gasteiger partial charge is 0.493 e. The number of urea groups is 1. The van der Waals surface area contributed by atoms with E-state index in [1.165, 1.54) is 19.6 Å². The molecular weight excluding hydrogens is 364 g/mol. The number of benzene rings is 1. The van der Waals surface area contributed by atoms with E-state index in [0.717, 1.165) is 31.2 Å². The zero-order valence-electron chi connectivity index (χ0n) is 16.2. The second-order valence-corrected chi connectivity index (χ2v) is 7.23. The second-order valence-electron chi connectivity index (χ2n) is 7.23. The fourth-order valence-electron chi connectivity index (χ4n) is 3.61. The fraction of sp³-hybridized carbons (Fsp3) is 0.550. The summed E-state index contributed by atoms with van der Waals surface area (Å²) in [6.07, 6.45) is 5.82. The van der Waals surface area contributed by atoms with Crippen molar-refractivity contribution in [3.8, 4) is 11.5 Å². The van der Waals surface area contributed by atoms with Crippen LogP contribution in [0.3, 0.4) is 0 Å². The van der Waals surface area contributed by atoms with Crippen LogP contribution in [0.25, 0.3) is 0 Å². The van der Waals surface area contributed by atoms with Crippen molar-refractivity contribution in [2.24, 2.45) is 0 Å². The number of fused-ring (bicyclic) bond motifs is 1.